The van der Waals surface area contributed by atoms with Crippen molar-refractivity contribution >= 4 is 31.9 Å². The number of aryl methyl sites for hydroxylation is 1. The van der Waals surface area contributed by atoms with E-state index in [-0.39, 0.29) is 5.56 Å². The van der Waals surface area contributed by atoms with Crippen LogP contribution in [-0.4, -0.2) is 19.9 Å². The summed E-state index contributed by atoms with van der Waals surface area (Å²) in [5.41, 5.74) is 2.87. The predicted molar refractivity (Wildman–Crippen MR) is 62.4 cm³/mol. The van der Waals surface area contributed by atoms with E-state index in [9.17, 15) is 4.79 Å². The summed E-state index contributed by atoms with van der Waals surface area (Å²) in [4.78, 5) is 12.2. The topological polar surface area (TPSA) is 45.8 Å². The van der Waals surface area contributed by atoms with Gasteiger partial charge in [0.05, 0.1) is 5.69 Å². The molecule has 1 aromatic rings. The molecule has 1 aromatic heterocycles. The zero-order valence-electron chi connectivity index (χ0n) is 7.68. The average Bonchev–Trinajstić information content (AvgIpc) is 2.15. The lowest BCUT2D eigenvalue weighted by Crippen LogP contribution is -2.32. The number of hydrogen-bond acceptors (Lipinski definition) is 2. The van der Waals surface area contributed by atoms with Gasteiger partial charge in [0.2, 0.25) is 0 Å². The third kappa shape index (κ3) is 1.67. The van der Waals surface area contributed by atoms with E-state index in [2.05, 4.69) is 42.1 Å². The fourth-order valence-electron chi connectivity index (χ4n) is 1.76. The Morgan fingerprint density at radius 1 is 1.29 bits per heavy atom. The van der Waals surface area contributed by atoms with Gasteiger partial charge in [0.1, 0.15) is 0 Å². The van der Waals surface area contributed by atoms with Gasteiger partial charge in [-0.05, 0) is 25.3 Å². The summed E-state index contributed by atoms with van der Waals surface area (Å²) < 4.78 is 0. The van der Waals surface area contributed by atoms with E-state index < -0.39 is 0 Å². The van der Waals surface area contributed by atoms with Crippen LogP contribution in [0.4, 0.5) is 0 Å². The summed E-state index contributed by atoms with van der Waals surface area (Å²) in [6.07, 6.45) is 1.64. The van der Waals surface area contributed by atoms with Gasteiger partial charge in [0.15, 0.2) is 0 Å². The molecule has 2 unspecified atom stereocenters. The van der Waals surface area contributed by atoms with E-state index in [1.807, 2.05) is 6.92 Å². The molecule has 0 saturated heterocycles. The van der Waals surface area contributed by atoms with Crippen molar-refractivity contribution in [2.45, 2.75) is 29.4 Å². The van der Waals surface area contributed by atoms with Crippen molar-refractivity contribution in [3.05, 3.63) is 27.2 Å². The highest BCUT2D eigenvalue weighted by Crippen LogP contribution is 2.29. The van der Waals surface area contributed by atoms with Crippen molar-refractivity contribution in [3.63, 3.8) is 0 Å². The molecular formula is C9H10Br2N2O. The van der Waals surface area contributed by atoms with Gasteiger partial charge in [0.25, 0.3) is 5.56 Å². The van der Waals surface area contributed by atoms with Crippen LogP contribution in [0, 0.1) is 6.92 Å². The molecule has 1 N–H and O–H groups in total. The molecular weight excluding hydrogens is 312 g/mol. The molecule has 76 valence electrons. The largest absolute Gasteiger partial charge is 0.268 e. The SMILES string of the molecule is Cc1n[nH]c(=O)c2c1CC(Br)C(Br)C2. The second kappa shape index (κ2) is 3.77. The summed E-state index contributed by atoms with van der Waals surface area (Å²) in [5.74, 6) is 0. The van der Waals surface area contributed by atoms with E-state index >= 15 is 0 Å². The first-order chi connectivity index (χ1) is 6.59. The minimum Gasteiger partial charge on any atom is -0.268 e. The summed E-state index contributed by atoms with van der Waals surface area (Å²) in [7, 11) is 0. The molecule has 0 aromatic carbocycles. The second-order valence-corrected chi connectivity index (χ2v) is 5.89. The highest BCUT2D eigenvalue weighted by molar-refractivity contribution is 9.12. The van der Waals surface area contributed by atoms with E-state index in [0.717, 1.165) is 29.7 Å². The normalized spacial score (nSPS) is 25.9. The number of nitrogens with zero attached hydrogens (tertiary/aromatic N) is 1. The molecule has 0 aliphatic heterocycles. The van der Waals surface area contributed by atoms with Crippen LogP contribution in [0.2, 0.25) is 0 Å². The summed E-state index contributed by atoms with van der Waals surface area (Å²) in [6.45, 7) is 1.93. The first kappa shape index (κ1) is 10.4. The second-order valence-electron chi connectivity index (χ2n) is 3.54. The van der Waals surface area contributed by atoms with Crippen molar-refractivity contribution < 1.29 is 0 Å². The summed E-state index contributed by atoms with van der Waals surface area (Å²) in [5, 5.41) is 6.50. The smallest absolute Gasteiger partial charge is 0.267 e. The first-order valence-corrected chi connectivity index (χ1v) is 6.28. The Kier molecular flexibility index (Phi) is 2.79. The van der Waals surface area contributed by atoms with Crippen molar-refractivity contribution in [2.24, 2.45) is 0 Å². The zero-order valence-corrected chi connectivity index (χ0v) is 10.9. The van der Waals surface area contributed by atoms with Crippen LogP contribution in [0.15, 0.2) is 4.79 Å². The van der Waals surface area contributed by atoms with E-state index in [1.54, 1.807) is 0 Å². The number of halogens is 2. The van der Waals surface area contributed by atoms with Crippen molar-refractivity contribution in [2.75, 3.05) is 0 Å². The van der Waals surface area contributed by atoms with E-state index in [0.29, 0.717) is 9.65 Å². The summed E-state index contributed by atoms with van der Waals surface area (Å²) >= 11 is 7.16. The number of rotatable bonds is 0. The lowest BCUT2D eigenvalue weighted by molar-refractivity contribution is 0.703. The van der Waals surface area contributed by atoms with Crippen molar-refractivity contribution in [1.82, 2.24) is 10.2 Å². The van der Waals surface area contributed by atoms with Gasteiger partial charge in [-0.3, -0.25) is 4.79 Å². The minimum atomic E-state index is -0.0468. The molecule has 2 rings (SSSR count). The monoisotopic (exact) mass is 320 g/mol. The van der Waals surface area contributed by atoms with Crippen LogP contribution in [0.5, 0.6) is 0 Å². The number of H-pyrrole nitrogens is 1. The van der Waals surface area contributed by atoms with Crippen molar-refractivity contribution in [3.8, 4) is 0 Å². The minimum absolute atomic E-state index is 0.0468. The molecule has 5 heteroatoms. The first-order valence-electron chi connectivity index (χ1n) is 4.44. The van der Waals surface area contributed by atoms with Crippen LogP contribution in [-0.2, 0) is 12.8 Å². The van der Waals surface area contributed by atoms with Gasteiger partial charge < -0.3 is 0 Å². The zero-order chi connectivity index (χ0) is 10.3. The lowest BCUT2D eigenvalue weighted by atomic mass is 9.92. The number of alkyl halides is 2. The number of fused-ring (bicyclic) bond motifs is 1. The van der Waals surface area contributed by atoms with Gasteiger partial charge in [-0.25, -0.2) is 5.10 Å². The lowest BCUT2D eigenvalue weighted by Gasteiger charge is -2.25. The standard InChI is InChI=1S/C9H10Br2N2O/c1-4-5-2-7(10)8(11)3-6(5)9(14)13-12-4/h7-8H,2-3H2,1H3,(H,13,14). The number of aromatic amines is 1. The molecule has 1 heterocycles. The van der Waals surface area contributed by atoms with Crippen LogP contribution in [0.1, 0.15) is 16.8 Å². The highest BCUT2D eigenvalue weighted by atomic mass is 79.9. The molecule has 1 aliphatic carbocycles. The molecule has 1 aliphatic rings. The number of hydrogen-bond donors (Lipinski definition) is 1. The maximum Gasteiger partial charge on any atom is 0.267 e. The fraction of sp³-hybridized carbons (Fsp3) is 0.556. The summed E-state index contributed by atoms with van der Waals surface area (Å²) in [6, 6.07) is 0. The van der Waals surface area contributed by atoms with E-state index in [1.165, 1.54) is 0 Å². The Morgan fingerprint density at radius 2 is 1.86 bits per heavy atom. The molecule has 3 nitrogen and oxygen atoms in total. The van der Waals surface area contributed by atoms with Gasteiger partial charge in [-0.15, -0.1) is 0 Å². The molecule has 0 saturated carbocycles. The Bertz CT molecular complexity index is 416. The van der Waals surface area contributed by atoms with Gasteiger partial charge in [-0.1, -0.05) is 31.9 Å². The Hall–Kier alpha value is -0.160. The molecule has 2 atom stereocenters. The van der Waals surface area contributed by atoms with Gasteiger partial charge in [0, 0.05) is 15.2 Å². The van der Waals surface area contributed by atoms with Gasteiger partial charge >= 0.3 is 0 Å². The Morgan fingerprint density at radius 3 is 2.50 bits per heavy atom. The van der Waals surface area contributed by atoms with E-state index in [4.69, 9.17) is 0 Å². The van der Waals surface area contributed by atoms with Gasteiger partial charge in [-0.2, -0.15) is 5.10 Å². The predicted octanol–water partition coefficient (Wildman–Crippen LogP) is 1.70. The molecule has 0 spiro atoms. The van der Waals surface area contributed by atoms with Crippen LogP contribution in [0.3, 0.4) is 0 Å². The molecule has 0 amide bonds. The third-order valence-corrected chi connectivity index (χ3v) is 5.22. The Labute approximate surface area is 98.6 Å². The molecule has 0 bridgehead atoms. The van der Waals surface area contributed by atoms with Crippen molar-refractivity contribution in [1.29, 1.82) is 0 Å². The van der Waals surface area contributed by atoms with Crippen LogP contribution < -0.4 is 5.56 Å². The molecule has 0 radical (unpaired) electrons. The van der Waals surface area contributed by atoms with Crippen LogP contribution >= 0.6 is 31.9 Å². The third-order valence-electron chi connectivity index (χ3n) is 2.59. The molecule has 0 fully saturated rings. The Balaban J connectivity index is 2.56. The quantitative estimate of drug-likeness (QED) is 0.739. The fourth-order valence-corrected chi connectivity index (χ4v) is 2.78. The maximum absolute atomic E-state index is 11.5. The van der Waals surface area contributed by atoms with Crippen LogP contribution in [0.25, 0.3) is 0 Å². The maximum atomic E-state index is 11.5. The highest BCUT2D eigenvalue weighted by Gasteiger charge is 2.27. The average molecular weight is 322 g/mol. The molecule has 14 heavy (non-hydrogen) atoms. The number of aromatic nitrogens is 2. The number of nitrogens with one attached hydrogen (secondary N) is 1.